The summed E-state index contributed by atoms with van der Waals surface area (Å²) in [5.41, 5.74) is 0.899. The van der Waals surface area contributed by atoms with Gasteiger partial charge < -0.3 is 19.8 Å². The van der Waals surface area contributed by atoms with Gasteiger partial charge in [0.05, 0.1) is 23.1 Å². The maximum atomic E-state index is 11.1. The molecule has 1 aromatic heterocycles. The summed E-state index contributed by atoms with van der Waals surface area (Å²) in [7, 11) is 0. The van der Waals surface area contributed by atoms with Crippen molar-refractivity contribution in [3.05, 3.63) is 59.3 Å². The lowest BCUT2D eigenvalue weighted by Crippen LogP contribution is -2.26. The van der Waals surface area contributed by atoms with E-state index in [4.69, 9.17) is 0 Å². The number of benzene rings is 1. The number of pyridine rings is 1. The Labute approximate surface area is 120 Å². The lowest BCUT2D eigenvalue weighted by atomic mass is 10.1. The maximum Gasteiger partial charge on any atom is 0.0718 e. The van der Waals surface area contributed by atoms with Crippen LogP contribution in [0.15, 0.2) is 53.6 Å². The fourth-order valence-corrected chi connectivity index (χ4v) is 1.90. The second-order valence-electron chi connectivity index (χ2n) is 4.42. The van der Waals surface area contributed by atoms with Gasteiger partial charge in [0, 0.05) is 11.0 Å². The van der Waals surface area contributed by atoms with Crippen LogP contribution in [0.1, 0.15) is 12.6 Å². The first-order chi connectivity index (χ1) is 9.97. The number of hydrogen-bond acceptors (Lipinski definition) is 5. The molecule has 0 N–H and O–H groups in total. The molecule has 0 unspecified atom stereocenters. The lowest BCUT2D eigenvalue weighted by Gasteiger charge is -2.10. The van der Waals surface area contributed by atoms with Crippen molar-refractivity contribution in [2.24, 2.45) is 0 Å². The molecule has 0 radical (unpaired) electrons. The summed E-state index contributed by atoms with van der Waals surface area (Å²) in [6.07, 6.45) is 1.99. The molecule has 0 aliphatic heterocycles. The van der Waals surface area contributed by atoms with Gasteiger partial charge in [-0.15, -0.1) is 0 Å². The molecule has 0 aliphatic rings. The average Bonchev–Trinajstić information content (AvgIpc) is 2.43. The van der Waals surface area contributed by atoms with E-state index in [1.54, 1.807) is 18.2 Å². The Morgan fingerprint density at radius 2 is 1.81 bits per heavy atom. The molecule has 2 aromatic rings. The zero-order valence-corrected chi connectivity index (χ0v) is 11.2. The van der Waals surface area contributed by atoms with E-state index in [1.165, 1.54) is 13.0 Å². The quantitative estimate of drug-likeness (QED) is 0.583. The summed E-state index contributed by atoms with van der Waals surface area (Å²) in [5.74, 6) is -2.94. The number of carboxylic acid groups (broad SMARTS) is 2. The minimum atomic E-state index is -1.47. The summed E-state index contributed by atoms with van der Waals surface area (Å²) < 4.78 is 0. The Kier molecular flexibility index (Phi) is 4.13. The number of carbonyl (C=O) groups is 2. The van der Waals surface area contributed by atoms with Crippen molar-refractivity contribution in [2.75, 3.05) is 0 Å². The van der Waals surface area contributed by atoms with Gasteiger partial charge in [-0.3, -0.25) is 0 Å². The summed E-state index contributed by atoms with van der Waals surface area (Å²) >= 11 is 0. The third kappa shape index (κ3) is 3.54. The van der Waals surface area contributed by atoms with E-state index >= 15 is 0 Å². The number of aliphatic carboxylic acids is 2. The Balaban J connectivity index is 2.49. The molecule has 1 aromatic carbocycles. The van der Waals surface area contributed by atoms with Crippen LogP contribution in [0.4, 0.5) is 0 Å². The molecular weight excluding hydrogens is 270 g/mol. The van der Waals surface area contributed by atoms with E-state index in [1.807, 2.05) is 18.2 Å². The van der Waals surface area contributed by atoms with E-state index < -0.39 is 11.9 Å². The number of fused-ring (bicyclic) bond motifs is 1. The monoisotopic (exact) mass is 281 g/mol. The topological polar surface area (TPSA) is 93.2 Å². The fourth-order valence-electron chi connectivity index (χ4n) is 1.90. The molecule has 2 rings (SSSR count). The number of carbonyl (C=O) groups excluding carboxylic acids is 2. The lowest BCUT2D eigenvalue weighted by molar-refractivity contribution is -0.298. The first-order valence-corrected chi connectivity index (χ1v) is 6.16. The second-order valence-corrected chi connectivity index (χ2v) is 4.42. The number of rotatable bonds is 4. The van der Waals surface area contributed by atoms with Gasteiger partial charge in [-0.2, -0.15) is 0 Å². The van der Waals surface area contributed by atoms with Crippen molar-refractivity contribution in [3.63, 3.8) is 0 Å². The Morgan fingerprint density at radius 1 is 1.10 bits per heavy atom. The van der Waals surface area contributed by atoms with Crippen LogP contribution in [0.3, 0.4) is 0 Å². The van der Waals surface area contributed by atoms with Gasteiger partial charge in [0.15, 0.2) is 0 Å². The zero-order valence-electron chi connectivity index (χ0n) is 11.2. The predicted molar refractivity (Wildman–Crippen MR) is 73.5 cm³/mol. The molecule has 0 bridgehead atoms. The van der Waals surface area contributed by atoms with E-state index in [-0.39, 0.29) is 11.1 Å². The number of nitrogens with zero attached hydrogens (tertiary/aromatic N) is 1. The van der Waals surface area contributed by atoms with Gasteiger partial charge in [-0.25, -0.2) is 4.98 Å². The predicted octanol–water partition coefficient (Wildman–Crippen LogP) is 0.0643. The molecule has 5 nitrogen and oxygen atoms in total. The Bertz CT molecular complexity index is 775. The van der Waals surface area contributed by atoms with Gasteiger partial charge in [0.2, 0.25) is 0 Å². The van der Waals surface area contributed by atoms with Crippen molar-refractivity contribution in [1.82, 2.24) is 4.98 Å². The number of para-hydroxylation sites is 1. The first kappa shape index (κ1) is 14.5. The van der Waals surface area contributed by atoms with Crippen molar-refractivity contribution in [1.29, 1.82) is 0 Å². The summed E-state index contributed by atoms with van der Waals surface area (Å²) in [6, 6.07) is 10.8. The molecule has 0 spiro atoms. The van der Waals surface area contributed by atoms with E-state index in [0.717, 1.165) is 5.39 Å². The van der Waals surface area contributed by atoms with Crippen molar-refractivity contribution in [3.8, 4) is 0 Å². The smallest absolute Gasteiger partial charge is 0.0718 e. The highest BCUT2D eigenvalue weighted by atomic mass is 16.4. The van der Waals surface area contributed by atoms with Crippen LogP contribution >= 0.6 is 0 Å². The van der Waals surface area contributed by atoms with Crippen LogP contribution in [0.5, 0.6) is 0 Å². The third-order valence-corrected chi connectivity index (χ3v) is 2.89. The number of carboxylic acids is 2. The maximum absolute atomic E-state index is 11.1. The first-order valence-electron chi connectivity index (χ1n) is 6.16. The molecule has 106 valence electrons. The van der Waals surface area contributed by atoms with Gasteiger partial charge >= 0.3 is 0 Å². The molecule has 0 saturated carbocycles. The molecule has 0 amide bonds. The molecule has 1 heterocycles. The van der Waals surface area contributed by atoms with Gasteiger partial charge in [-0.1, -0.05) is 24.3 Å². The molecule has 0 atom stereocenters. The highest BCUT2D eigenvalue weighted by Crippen LogP contribution is 2.16. The highest BCUT2D eigenvalue weighted by molar-refractivity contribution is 5.97. The molecule has 5 heteroatoms. The van der Waals surface area contributed by atoms with E-state index in [2.05, 4.69) is 4.98 Å². The summed E-state index contributed by atoms with van der Waals surface area (Å²) in [6.45, 7) is 1.36. The second kappa shape index (κ2) is 6.00. The molecule has 0 saturated heterocycles. The number of hydrogen-bond donors (Lipinski definition) is 0. The SMILES string of the molecule is CC(=C\C(=O)[O-])/C(=C/c1ccc2ccccc2n1)C(=O)[O-]. The van der Waals surface area contributed by atoms with Crippen LogP contribution in [0.25, 0.3) is 17.0 Å². The van der Waals surface area contributed by atoms with Gasteiger partial charge in [-0.05, 0) is 36.8 Å². The van der Waals surface area contributed by atoms with Crippen LogP contribution in [0, 0.1) is 0 Å². The number of aromatic nitrogens is 1. The summed E-state index contributed by atoms with van der Waals surface area (Å²) in [5, 5.41) is 22.6. The average molecular weight is 281 g/mol. The minimum Gasteiger partial charge on any atom is -0.545 e. The van der Waals surface area contributed by atoms with Crippen LogP contribution in [-0.4, -0.2) is 16.9 Å². The van der Waals surface area contributed by atoms with Crippen LogP contribution < -0.4 is 10.2 Å². The standard InChI is InChI=1S/C16H13NO4/c1-10(8-15(18)19)13(16(20)21)9-12-7-6-11-4-2-3-5-14(11)17-12/h2-9H,1H3,(H,18,19)(H,20,21)/p-2/b10-8+,13-9-. The zero-order chi connectivity index (χ0) is 15.4. The van der Waals surface area contributed by atoms with Crippen molar-refractivity contribution < 1.29 is 19.8 Å². The summed E-state index contributed by atoms with van der Waals surface area (Å²) in [4.78, 5) is 26.0. The Morgan fingerprint density at radius 3 is 2.48 bits per heavy atom. The van der Waals surface area contributed by atoms with Crippen molar-refractivity contribution >= 4 is 28.9 Å². The van der Waals surface area contributed by atoms with E-state index in [9.17, 15) is 19.8 Å². The fraction of sp³-hybridized carbons (Fsp3) is 0.0625. The van der Waals surface area contributed by atoms with Crippen LogP contribution in [-0.2, 0) is 9.59 Å². The van der Waals surface area contributed by atoms with Crippen LogP contribution in [0.2, 0.25) is 0 Å². The minimum absolute atomic E-state index is 0.0324. The van der Waals surface area contributed by atoms with Crippen molar-refractivity contribution in [2.45, 2.75) is 6.92 Å². The molecule has 21 heavy (non-hydrogen) atoms. The molecular formula is C16H11NO4-2. The van der Waals surface area contributed by atoms with Gasteiger partial charge in [0.25, 0.3) is 0 Å². The molecule has 0 aliphatic carbocycles. The third-order valence-electron chi connectivity index (χ3n) is 2.89. The normalized spacial score (nSPS) is 12.4. The molecule has 0 fully saturated rings. The largest absolute Gasteiger partial charge is 0.545 e. The highest BCUT2D eigenvalue weighted by Gasteiger charge is 2.04. The van der Waals surface area contributed by atoms with Gasteiger partial charge in [0.1, 0.15) is 0 Å². The Hall–Kier alpha value is -2.95. The van der Waals surface area contributed by atoms with E-state index in [0.29, 0.717) is 17.3 Å².